The molecule has 1 unspecified atom stereocenters. The maximum atomic E-state index is 12.5. The van der Waals surface area contributed by atoms with E-state index in [2.05, 4.69) is 15.4 Å². The fourth-order valence-electron chi connectivity index (χ4n) is 2.28. The van der Waals surface area contributed by atoms with Crippen LogP contribution in [0, 0.1) is 0 Å². The molecule has 23 heavy (non-hydrogen) atoms. The predicted octanol–water partition coefficient (Wildman–Crippen LogP) is 1.69. The molecule has 0 spiro atoms. The third-order valence-corrected chi connectivity index (χ3v) is 5.19. The molecule has 2 rings (SSSR count). The summed E-state index contributed by atoms with van der Waals surface area (Å²) in [6.07, 6.45) is 2.61. The lowest BCUT2D eigenvalue weighted by atomic mass is 10.1. The van der Waals surface area contributed by atoms with Gasteiger partial charge in [0.05, 0.1) is 4.90 Å². The summed E-state index contributed by atoms with van der Waals surface area (Å²) in [4.78, 5) is 23.0. The first-order valence-corrected chi connectivity index (χ1v) is 9.11. The van der Waals surface area contributed by atoms with Gasteiger partial charge in [0.25, 0.3) is 5.91 Å². The number of nitrogens with one attached hydrogen (secondary N) is 3. The number of urea groups is 1. The molecule has 7 nitrogen and oxygen atoms in total. The van der Waals surface area contributed by atoms with Crippen LogP contribution in [-0.2, 0) is 14.8 Å². The number of carbonyl (C=O) groups excluding carboxylic acids is 2. The predicted molar refractivity (Wildman–Crippen MR) is 85.6 cm³/mol. The highest BCUT2D eigenvalue weighted by molar-refractivity contribution is 7.89. The van der Waals surface area contributed by atoms with Gasteiger partial charge < -0.3 is 5.32 Å². The van der Waals surface area contributed by atoms with Gasteiger partial charge in [-0.3, -0.25) is 10.1 Å². The lowest BCUT2D eigenvalue weighted by Gasteiger charge is -2.15. The molecule has 1 atom stereocenters. The van der Waals surface area contributed by atoms with Crippen LogP contribution in [0.1, 0.15) is 37.8 Å². The summed E-state index contributed by atoms with van der Waals surface area (Å²) in [5, 5.41) is 4.74. The first-order valence-electron chi connectivity index (χ1n) is 7.25. The Morgan fingerprint density at radius 3 is 2.61 bits per heavy atom. The van der Waals surface area contributed by atoms with E-state index in [1.807, 2.05) is 6.92 Å². The van der Waals surface area contributed by atoms with Gasteiger partial charge in [-0.05, 0) is 24.6 Å². The second-order valence-corrected chi connectivity index (χ2v) is 7.35. The van der Waals surface area contributed by atoms with Crippen LogP contribution in [0.2, 0.25) is 5.02 Å². The van der Waals surface area contributed by atoms with Crippen LogP contribution in [0.3, 0.4) is 0 Å². The van der Waals surface area contributed by atoms with Crippen molar-refractivity contribution in [3.8, 4) is 0 Å². The number of halogens is 1. The normalized spacial score (nSPS) is 17.9. The second-order valence-electron chi connectivity index (χ2n) is 5.18. The molecule has 1 saturated heterocycles. The van der Waals surface area contributed by atoms with Crippen LogP contribution in [0.4, 0.5) is 4.79 Å². The Morgan fingerprint density at radius 2 is 2.00 bits per heavy atom. The van der Waals surface area contributed by atoms with Crippen molar-refractivity contribution in [3.63, 3.8) is 0 Å². The standard InChI is InChI=1S/C14H18ClN3O4S/c1-2-3-4-7-16-23(21,22)11-6-5-9(15)8-10(11)12-13(19)18-14(20)17-12/h5-6,8,12,16H,2-4,7H2,1H3,(H2,17,18,19,20). The Hall–Kier alpha value is -1.64. The molecule has 126 valence electrons. The van der Waals surface area contributed by atoms with Crippen LogP contribution < -0.4 is 15.4 Å². The van der Waals surface area contributed by atoms with Crippen molar-refractivity contribution < 1.29 is 18.0 Å². The molecule has 1 heterocycles. The van der Waals surface area contributed by atoms with Gasteiger partial charge in [-0.15, -0.1) is 0 Å². The number of hydrogen-bond acceptors (Lipinski definition) is 4. The van der Waals surface area contributed by atoms with E-state index in [4.69, 9.17) is 11.6 Å². The van der Waals surface area contributed by atoms with Crippen molar-refractivity contribution in [3.05, 3.63) is 28.8 Å². The first-order chi connectivity index (χ1) is 10.8. The van der Waals surface area contributed by atoms with Crippen LogP contribution in [-0.4, -0.2) is 26.9 Å². The third-order valence-electron chi connectivity index (χ3n) is 3.42. The minimum atomic E-state index is -3.81. The highest BCUT2D eigenvalue weighted by Crippen LogP contribution is 2.27. The fraction of sp³-hybridized carbons (Fsp3) is 0.429. The zero-order chi connectivity index (χ0) is 17.0. The molecule has 1 aliphatic rings. The topological polar surface area (TPSA) is 104 Å². The SMILES string of the molecule is CCCCCNS(=O)(=O)c1ccc(Cl)cc1C1NC(=O)NC1=O. The van der Waals surface area contributed by atoms with Crippen molar-refractivity contribution >= 4 is 33.6 Å². The van der Waals surface area contributed by atoms with Gasteiger partial charge in [-0.1, -0.05) is 31.4 Å². The van der Waals surface area contributed by atoms with E-state index < -0.39 is 28.0 Å². The van der Waals surface area contributed by atoms with Gasteiger partial charge in [-0.2, -0.15) is 0 Å². The number of sulfonamides is 1. The lowest BCUT2D eigenvalue weighted by Crippen LogP contribution is -2.28. The van der Waals surface area contributed by atoms with Gasteiger partial charge in [-0.25, -0.2) is 17.9 Å². The highest BCUT2D eigenvalue weighted by atomic mass is 35.5. The number of carbonyl (C=O) groups is 2. The molecule has 9 heteroatoms. The Kier molecular flexibility index (Phi) is 5.61. The number of amides is 3. The Balaban J connectivity index is 2.31. The fourth-order valence-corrected chi connectivity index (χ4v) is 3.77. The van der Waals surface area contributed by atoms with Gasteiger partial charge in [0, 0.05) is 17.1 Å². The summed E-state index contributed by atoms with van der Waals surface area (Å²) < 4.78 is 27.5. The molecule has 1 aromatic rings. The molecule has 3 amide bonds. The summed E-state index contributed by atoms with van der Waals surface area (Å²) in [5.74, 6) is -0.611. The molecule has 0 radical (unpaired) electrons. The molecule has 0 saturated carbocycles. The third kappa shape index (κ3) is 4.21. The van der Waals surface area contributed by atoms with E-state index in [1.165, 1.54) is 18.2 Å². The number of unbranched alkanes of at least 4 members (excludes halogenated alkanes) is 2. The van der Waals surface area contributed by atoms with Crippen molar-refractivity contribution in [2.24, 2.45) is 0 Å². The summed E-state index contributed by atoms with van der Waals surface area (Å²) in [6.45, 7) is 2.33. The Labute approximate surface area is 139 Å². The van der Waals surface area contributed by atoms with Gasteiger partial charge in [0.1, 0.15) is 6.04 Å². The summed E-state index contributed by atoms with van der Waals surface area (Å²) in [6, 6.07) is 2.39. The van der Waals surface area contributed by atoms with E-state index in [9.17, 15) is 18.0 Å². The van der Waals surface area contributed by atoms with E-state index in [0.29, 0.717) is 6.54 Å². The van der Waals surface area contributed by atoms with E-state index in [1.54, 1.807) is 0 Å². The van der Waals surface area contributed by atoms with Crippen LogP contribution >= 0.6 is 11.6 Å². The van der Waals surface area contributed by atoms with Crippen LogP contribution in [0.5, 0.6) is 0 Å². The smallest absolute Gasteiger partial charge is 0.322 e. The van der Waals surface area contributed by atoms with Crippen molar-refractivity contribution in [2.45, 2.75) is 37.1 Å². The van der Waals surface area contributed by atoms with E-state index in [0.717, 1.165) is 19.3 Å². The molecule has 0 aromatic heterocycles. The maximum absolute atomic E-state index is 12.5. The largest absolute Gasteiger partial charge is 0.322 e. The molecular formula is C14H18ClN3O4S. The van der Waals surface area contributed by atoms with Crippen LogP contribution in [0.25, 0.3) is 0 Å². The van der Waals surface area contributed by atoms with Gasteiger partial charge in [0.15, 0.2) is 0 Å². The quantitative estimate of drug-likeness (QED) is 0.509. The van der Waals surface area contributed by atoms with Crippen molar-refractivity contribution in [1.82, 2.24) is 15.4 Å². The molecule has 0 bridgehead atoms. The lowest BCUT2D eigenvalue weighted by molar-refractivity contribution is -0.120. The molecule has 1 aromatic carbocycles. The van der Waals surface area contributed by atoms with E-state index in [-0.39, 0.29) is 15.5 Å². The number of imide groups is 1. The minimum absolute atomic E-state index is 0.0688. The van der Waals surface area contributed by atoms with Crippen molar-refractivity contribution in [2.75, 3.05) is 6.54 Å². The Bertz CT molecular complexity index is 721. The molecule has 1 aliphatic heterocycles. The average molecular weight is 360 g/mol. The molecular weight excluding hydrogens is 342 g/mol. The zero-order valence-corrected chi connectivity index (χ0v) is 14.1. The van der Waals surface area contributed by atoms with Gasteiger partial charge in [0.2, 0.25) is 10.0 Å². The molecule has 0 aliphatic carbocycles. The monoisotopic (exact) mass is 359 g/mol. The average Bonchev–Trinajstić information content (AvgIpc) is 2.82. The highest BCUT2D eigenvalue weighted by Gasteiger charge is 2.35. The number of hydrogen-bond donors (Lipinski definition) is 3. The molecule has 1 fully saturated rings. The second kappa shape index (κ2) is 7.29. The van der Waals surface area contributed by atoms with E-state index >= 15 is 0 Å². The summed E-state index contributed by atoms with van der Waals surface area (Å²) >= 11 is 5.92. The zero-order valence-electron chi connectivity index (χ0n) is 12.6. The van der Waals surface area contributed by atoms with Crippen LogP contribution in [0.15, 0.2) is 23.1 Å². The Morgan fingerprint density at radius 1 is 1.26 bits per heavy atom. The van der Waals surface area contributed by atoms with Crippen molar-refractivity contribution in [1.29, 1.82) is 0 Å². The number of benzene rings is 1. The number of rotatable bonds is 7. The first kappa shape index (κ1) is 17.7. The van der Waals surface area contributed by atoms with Gasteiger partial charge >= 0.3 is 6.03 Å². The maximum Gasteiger partial charge on any atom is 0.322 e. The summed E-state index contributed by atoms with van der Waals surface area (Å²) in [7, 11) is -3.81. The molecule has 3 N–H and O–H groups in total. The summed E-state index contributed by atoms with van der Waals surface area (Å²) in [5.41, 5.74) is 0.142. The minimum Gasteiger partial charge on any atom is -0.322 e.